The van der Waals surface area contributed by atoms with E-state index >= 15 is 0 Å². The van der Waals surface area contributed by atoms with Gasteiger partial charge in [-0.3, -0.25) is 4.90 Å². The molecule has 0 aliphatic rings. The molecule has 2 unspecified atom stereocenters. The zero-order chi connectivity index (χ0) is 16.8. The molecule has 8 nitrogen and oxygen atoms in total. The summed E-state index contributed by atoms with van der Waals surface area (Å²) in [5.74, 6) is 0.580. The molecule has 2 N–H and O–H groups in total. The summed E-state index contributed by atoms with van der Waals surface area (Å²) in [6, 6.07) is 6.79. The van der Waals surface area contributed by atoms with E-state index in [4.69, 9.17) is 14.3 Å². The molecule has 0 fully saturated rings. The largest absolute Gasteiger partial charge is 1.00 e. The molecule has 156 valence electrons. The molecular formula is C14H30NNa2O7P3S. The van der Waals surface area contributed by atoms with E-state index in [9.17, 15) is 18.9 Å². The van der Waals surface area contributed by atoms with Gasteiger partial charge in [0.2, 0.25) is 7.58 Å². The van der Waals surface area contributed by atoms with Crippen LogP contribution < -0.4 is 73.4 Å². The molecule has 0 aliphatic heterocycles. The van der Waals surface area contributed by atoms with Crippen LogP contribution in [0, 0.1) is 0 Å². The van der Waals surface area contributed by atoms with Crippen molar-refractivity contribution >= 4 is 34.6 Å². The third-order valence-electron chi connectivity index (χ3n) is 2.54. The van der Waals surface area contributed by atoms with Gasteiger partial charge in [0.1, 0.15) is 20.9 Å². The van der Waals surface area contributed by atoms with Crippen LogP contribution in [0.3, 0.4) is 0 Å². The van der Waals surface area contributed by atoms with Gasteiger partial charge in [0.05, 0.1) is 12.6 Å². The molecule has 0 aliphatic carbocycles. The third-order valence-corrected chi connectivity index (χ3v) is 4.56. The number of nitrogens with zero attached hydrogens (tertiary/aromatic N) is 1. The molecule has 14 heteroatoms. The Labute approximate surface area is 220 Å². The molecule has 0 spiro atoms. The second kappa shape index (κ2) is 20.7. The van der Waals surface area contributed by atoms with Gasteiger partial charge >= 0.3 is 59.1 Å². The van der Waals surface area contributed by atoms with Crippen molar-refractivity contribution < 1.29 is 92.3 Å². The van der Waals surface area contributed by atoms with Gasteiger partial charge in [-0.2, -0.15) is 0 Å². The summed E-state index contributed by atoms with van der Waals surface area (Å²) in [5.41, 5.74) is 0.802. The molecule has 0 saturated carbocycles. The quantitative estimate of drug-likeness (QED) is 0.268. The van der Waals surface area contributed by atoms with Gasteiger partial charge in [0.15, 0.2) is 0 Å². The van der Waals surface area contributed by atoms with Gasteiger partial charge in [-0.05, 0) is 35.9 Å². The van der Waals surface area contributed by atoms with Gasteiger partial charge in [-0.15, -0.1) is 0 Å². The van der Waals surface area contributed by atoms with Crippen molar-refractivity contribution in [2.24, 2.45) is 0 Å². The van der Waals surface area contributed by atoms with Crippen molar-refractivity contribution in [2.75, 3.05) is 19.1 Å². The minimum atomic E-state index is -4.67. The van der Waals surface area contributed by atoms with Crippen molar-refractivity contribution in [3.63, 3.8) is 0 Å². The summed E-state index contributed by atoms with van der Waals surface area (Å²) in [5, 5.41) is 0. The van der Waals surface area contributed by atoms with Crippen molar-refractivity contribution in [2.45, 2.75) is 36.1 Å². The fourth-order valence-corrected chi connectivity index (χ4v) is 3.86. The van der Waals surface area contributed by atoms with Gasteiger partial charge in [0, 0.05) is 6.54 Å². The van der Waals surface area contributed by atoms with Crippen molar-refractivity contribution in [3.8, 4) is 5.75 Å². The fourth-order valence-electron chi connectivity index (χ4n) is 1.74. The van der Waals surface area contributed by atoms with E-state index in [0.29, 0.717) is 19.8 Å². The van der Waals surface area contributed by atoms with Gasteiger partial charge < -0.3 is 33.2 Å². The summed E-state index contributed by atoms with van der Waals surface area (Å²) in [6.45, 7) is 0.0269. The van der Waals surface area contributed by atoms with Crippen LogP contribution in [0.2, 0.25) is 0 Å². The maximum Gasteiger partial charge on any atom is 1.00 e. The Morgan fingerprint density at radius 3 is 1.68 bits per heavy atom. The molecule has 1 aromatic rings. The molecular weight excluding hydrogens is 465 g/mol. The summed E-state index contributed by atoms with van der Waals surface area (Å²) in [6.07, 6.45) is -1.38. The van der Waals surface area contributed by atoms with Gasteiger partial charge in [0.25, 0.3) is 0 Å². The fraction of sp³-hybridized carbons (Fsp3) is 0.571. The predicted molar refractivity (Wildman–Crippen MR) is 108 cm³/mol. The molecule has 28 heavy (non-hydrogen) atoms. The Kier molecular flexibility index (Phi) is 32.2. The van der Waals surface area contributed by atoms with E-state index in [0.717, 1.165) is 10.5 Å². The van der Waals surface area contributed by atoms with Crippen LogP contribution in [0.1, 0.15) is 35.3 Å². The average Bonchev–Trinajstić information content (AvgIpc) is 2.34. The zero-order valence-corrected chi connectivity index (χ0v) is 20.8. The zero-order valence-electron chi connectivity index (χ0n) is 13.3. The summed E-state index contributed by atoms with van der Waals surface area (Å²) < 4.78 is 26.9. The molecule has 0 heterocycles. The Hall–Kier alpha value is 1.80. The van der Waals surface area contributed by atoms with Crippen LogP contribution in [0.4, 0.5) is 0 Å². The SMILES string of the molecule is C.C.C.C.O=P([O-])(O)CN(CCc1ccc(OP=S)cc1)CP(=O)([O-])O.[Na+].[Na+]. The first-order valence-electron chi connectivity index (χ1n) is 5.96. The Balaban J connectivity index is -0.000000202. The van der Waals surface area contributed by atoms with Crippen LogP contribution in [-0.4, -0.2) is 33.8 Å². The Bertz CT molecular complexity index is 575. The average molecular weight is 495 g/mol. The molecule has 0 radical (unpaired) electrons. The third kappa shape index (κ3) is 22.5. The first-order valence-corrected chi connectivity index (χ1v) is 11.3. The number of rotatable bonds is 9. The topological polar surface area (TPSA) is 133 Å². The number of hydrogen-bond donors (Lipinski definition) is 2. The van der Waals surface area contributed by atoms with Crippen molar-refractivity contribution in [3.05, 3.63) is 29.8 Å². The minimum Gasteiger partial charge on any atom is -0.778 e. The van der Waals surface area contributed by atoms with Crippen LogP contribution in [-0.2, 0) is 27.4 Å². The van der Waals surface area contributed by atoms with Crippen LogP contribution >= 0.6 is 22.8 Å². The maximum atomic E-state index is 10.9. The Morgan fingerprint density at radius 2 is 1.36 bits per heavy atom. The molecule has 0 amide bonds. The minimum absolute atomic E-state index is 0. The number of benzene rings is 1. The van der Waals surface area contributed by atoms with Crippen molar-refractivity contribution in [1.82, 2.24) is 4.90 Å². The van der Waals surface area contributed by atoms with Gasteiger partial charge in [-0.1, -0.05) is 41.8 Å². The van der Waals surface area contributed by atoms with E-state index in [1.807, 2.05) is 0 Å². The van der Waals surface area contributed by atoms with Crippen molar-refractivity contribution in [1.29, 1.82) is 0 Å². The van der Waals surface area contributed by atoms with E-state index in [-0.39, 0.29) is 95.4 Å². The molecule has 0 bridgehead atoms. The monoisotopic (exact) mass is 495 g/mol. The molecule has 0 saturated heterocycles. The second-order valence-electron chi connectivity index (χ2n) is 4.51. The Morgan fingerprint density at radius 1 is 0.964 bits per heavy atom. The smallest absolute Gasteiger partial charge is 0.778 e. The molecule has 0 aromatic heterocycles. The molecule has 2 atom stereocenters. The van der Waals surface area contributed by atoms with E-state index in [1.165, 1.54) is 0 Å². The van der Waals surface area contributed by atoms with Crippen LogP contribution in [0.25, 0.3) is 0 Å². The van der Waals surface area contributed by atoms with E-state index < -0.39 is 27.8 Å². The molecule has 1 rings (SSSR count). The first-order chi connectivity index (χ1) is 10.1. The normalized spacial score (nSPS) is 13.5. The van der Waals surface area contributed by atoms with E-state index in [2.05, 4.69) is 11.8 Å². The second-order valence-corrected chi connectivity index (χ2v) is 8.41. The summed E-state index contributed by atoms with van der Waals surface area (Å²) in [7, 11) is -9.01. The van der Waals surface area contributed by atoms with Crippen LogP contribution in [0.5, 0.6) is 5.75 Å². The molecule has 1 aromatic carbocycles. The summed E-state index contributed by atoms with van der Waals surface area (Å²) in [4.78, 5) is 40.4. The maximum absolute atomic E-state index is 10.9. The number of hydrogen-bond acceptors (Lipinski definition) is 7. The standard InChI is InChI=1S/C10H16NO7P3S.4CH4.2Na/c12-20(13,14)7-11(8-21(15,16)17)6-5-9-1-3-10(4-2-9)18-19-22;;;;;;/h1-4H,5-8H2,(H2,12,13,14)(H2,15,16,17);4*1H4;;/q;;;;;2*+1/p-2. The van der Waals surface area contributed by atoms with Crippen LogP contribution in [0.15, 0.2) is 24.3 Å². The van der Waals surface area contributed by atoms with Gasteiger partial charge in [-0.25, -0.2) is 0 Å². The summed E-state index contributed by atoms with van der Waals surface area (Å²) >= 11 is 4.64. The van der Waals surface area contributed by atoms with E-state index in [1.54, 1.807) is 24.3 Å². The predicted octanol–water partition coefficient (Wildman–Crippen LogP) is -3.21. The first kappa shape index (κ1) is 43.6.